The average molecular weight is 281 g/mol. The number of esters is 1. The summed E-state index contributed by atoms with van der Waals surface area (Å²) in [6.45, 7) is 11.4. The zero-order valence-electron chi connectivity index (χ0n) is 13.5. The van der Waals surface area contributed by atoms with Gasteiger partial charge in [-0.25, -0.2) is 4.79 Å². The number of hydrogen-bond acceptors (Lipinski definition) is 4. The van der Waals surface area contributed by atoms with Crippen molar-refractivity contribution in [2.24, 2.45) is 0 Å². The molecule has 0 saturated carbocycles. The molecule has 1 atom stereocenters. The number of carbonyl (C=O) groups excluding carboxylic acids is 1. The smallest absolute Gasteiger partial charge is 0.327 e. The fourth-order valence-electron chi connectivity index (χ4n) is 2.52. The van der Waals surface area contributed by atoms with Crippen molar-refractivity contribution in [3.8, 4) is 0 Å². The van der Waals surface area contributed by atoms with Crippen LogP contribution in [0, 0.1) is 13.8 Å². The quantitative estimate of drug-likeness (QED) is 0.777. The van der Waals surface area contributed by atoms with Crippen molar-refractivity contribution in [3.63, 3.8) is 0 Å². The molecule has 0 radical (unpaired) electrons. The Hall–Kier alpha value is -1.36. The van der Waals surface area contributed by atoms with Crippen LogP contribution in [0.3, 0.4) is 0 Å². The Kier molecular flexibility index (Phi) is 5.74. The number of nitrogens with zero attached hydrogens (tertiary/aromatic N) is 2. The van der Waals surface area contributed by atoms with Crippen LogP contribution in [0.25, 0.3) is 0 Å². The molecule has 0 spiro atoms. The molecule has 0 bridgehead atoms. The van der Waals surface area contributed by atoms with Crippen molar-refractivity contribution in [2.75, 3.05) is 13.7 Å². The largest absolute Gasteiger partial charge is 0.468 e. The first kappa shape index (κ1) is 16.7. The lowest BCUT2D eigenvalue weighted by molar-refractivity contribution is -0.148. The lowest BCUT2D eigenvalue weighted by atomic mass is 10.0. The third-order valence-electron chi connectivity index (χ3n) is 3.75. The van der Waals surface area contributed by atoms with Crippen molar-refractivity contribution >= 4 is 5.97 Å². The van der Waals surface area contributed by atoms with E-state index in [-0.39, 0.29) is 5.97 Å². The summed E-state index contributed by atoms with van der Waals surface area (Å²) >= 11 is 0. The Morgan fingerprint density at radius 2 is 2.05 bits per heavy atom. The number of carbonyl (C=O) groups is 1. The van der Waals surface area contributed by atoms with Crippen LogP contribution in [0.15, 0.2) is 0 Å². The van der Waals surface area contributed by atoms with Gasteiger partial charge in [0.15, 0.2) is 0 Å². The summed E-state index contributed by atoms with van der Waals surface area (Å²) in [6.07, 6.45) is 1.92. The lowest BCUT2D eigenvalue weighted by Crippen LogP contribution is -2.53. The van der Waals surface area contributed by atoms with E-state index in [9.17, 15) is 4.79 Å². The van der Waals surface area contributed by atoms with E-state index in [1.807, 2.05) is 18.5 Å². The number of aromatic nitrogens is 2. The Morgan fingerprint density at radius 1 is 1.40 bits per heavy atom. The highest BCUT2D eigenvalue weighted by Crippen LogP contribution is 2.17. The first-order chi connectivity index (χ1) is 9.39. The Balaban J connectivity index is 3.04. The summed E-state index contributed by atoms with van der Waals surface area (Å²) in [5, 5.41) is 7.84. The molecule has 1 aromatic heterocycles. The topological polar surface area (TPSA) is 56.2 Å². The van der Waals surface area contributed by atoms with Gasteiger partial charge in [-0.2, -0.15) is 5.10 Å². The van der Waals surface area contributed by atoms with E-state index in [0.29, 0.717) is 6.54 Å². The number of ether oxygens (including phenoxy) is 1. The number of nitrogens with one attached hydrogen (secondary N) is 1. The van der Waals surface area contributed by atoms with Gasteiger partial charge in [0.1, 0.15) is 5.54 Å². The normalized spacial score (nSPS) is 14.1. The minimum absolute atomic E-state index is 0.253. The molecular weight excluding hydrogens is 254 g/mol. The van der Waals surface area contributed by atoms with Gasteiger partial charge >= 0.3 is 5.97 Å². The predicted octanol–water partition coefficient (Wildman–Crippen LogP) is 1.99. The first-order valence-corrected chi connectivity index (χ1v) is 7.25. The SMILES string of the molecule is CCCNC(C)(Cn1nc(C)c(CC)c1C)C(=O)OC. The fraction of sp³-hybridized carbons (Fsp3) is 0.733. The lowest BCUT2D eigenvalue weighted by Gasteiger charge is -2.28. The Bertz CT molecular complexity index is 468. The summed E-state index contributed by atoms with van der Waals surface area (Å²) in [6, 6.07) is 0. The van der Waals surface area contributed by atoms with Crippen molar-refractivity contribution in [2.45, 2.75) is 59.5 Å². The molecule has 0 aromatic carbocycles. The van der Waals surface area contributed by atoms with Crippen LogP contribution in [0.1, 0.15) is 44.1 Å². The minimum Gasteiger partial charge on any atom is -0.468 e. The second-order valence-electron chi connectivity index (χ2n) is 5.41. The second-order valence-corrected chi connectivity index (χ2v) is 5.41. The molecule has 1 N–H and O–H groups in total. The van der Waals surface area contributed by atoms with Crippen molar-refractivity contribution in [1.82, 2.24) is 15.1 Å². The molecule has 5 nitrogen and oxygen atoms in total. The zero-order valence-corrected chi connectivity index (χ0v) is 13.5. The monoisotopic (exact) mass is 281 g/mol. The summed E-state index contributed by atoms with van der Waals surface area (Å²) in [5.41, 5.74) is 2.66. The summed E-state index contributed by atoms with van der Waals surface area (Å²) in [7, 11) is 1.42. The highest BCUT2D eigenvalue weighted by atomic mass is 16.5. The molecular formula is C15H27N3O2. The van der Waals surface area contributed by atoms with Crippen molar-refractivity contribution < 1.29 is 9.53 Å². The summed E-state index contributed by atoms with van der Waals surface area (Å²) in [5.74, 6) is -0.253. The van der Waals surface area contributed by atoms with E-state index in [4.69, 9.17) is 4.74 Å². The van der Waals surface area contributed by atoms with Crippen LogP contribution in [0.2, 0.25) is 0 Å². The van der Waals surface area contributed by atoms with Gasteiger partial charge in [-0.05, 0) is 45.7 Å². The van der Waals surface area contributed by atoms with Gasteiger partial charge in [0, 0.05) is 5.69 Å². The van der Waals surface area contributed by atoms with Gasteiger partial charge in [0.25, 0.3) is 0 Å². The third-order valence-corrected chi connectivity index (χ3v) is 3.75. The average Bonchev–Trinajstić information content (AvgIpc) is 2.69. The van der Waals surface area contributed by atoms with Crippen LogP contribution in [-0.2, 0) is 22.5 Å². The minimum atomic E-state index is -0.751. The molecule has 0 amide bonds. The van der Waals surface area contributed by atoms with Gasteiger partial charge in [0.05, 0.1) is 19.3 Å². The third kappa shape index (κ3) is 3.39. The molecule has 0 aliphatic carbocycles. The molecule has 1 unspecified atom stereocenters. The van der Waals surface area contributed by atoms with Crippen LogP contribution in [-0.4, -0.2) is 34.9 Å². The molecule has 20 heavy (non-hydrogen) atoms. The Labute approximate surface area is 121 Å². The molecule has 0 aliphatic heterocycles. The van der Waals surface area contributed by atoms with Gasteiger partial charge in [0.2, 0.25) is 0 Å². The summed E-state index contributed by atoms with van der Waals surface area (Å²) in [4.78, 5) is 12.1. The molecule has 0 aliphatic rings. The van der Waals surface area contributed by atoms with E-state index in [1.165, 1.54) is 12.7 Å². The Morgan fingerprint density at radius 3 is 2.50 bits per heavy atom. The van der Waals surface area contributed by atoms with E-state index in [2.05, 4.69) is 31.2 Å². The van der Waals surface area contributed by atoms with Crippen molar-refractivity contribution in [3.05, 3.63) is 17.0 Å². The van der Waals surface area contributed by atoms with Gasteiger partial charge in [-0.15, -0.1) is 0 Å². The summed E-state index contributed by atoms with van der Waals surface area (Å²) < 4.78 is 6.86. The maximum Gasteiger partial charge on any atom is 0.327 e. The van der Waals surface area contributed by atoms with Crippen LogP contribution >= 0.6 is 0 Å². The van der Waals surface area contributed by atoms with E-state index < -0.39 is 5.54 Å². The van der Waals surface area contributed by atoms with Gasteiger partial charge < -0.3 is 10.1 Å². The van der Waals surface area contributed by atoms with E-state index in [0.717, 1.165) is 30.8 Å². The highest BCUT2D eigenvalue weighted by molar-refractivity contribution is 5.80. The molecule has 114 valence electrons. The van der Waals surface area contributed by atoms with Crippen LogP contribution in [0.5, 0.6) is 0 Å². The maximum atomic E-state index is 12.1. The highest BCUT2D eigenvalue weighted by Gasteiger charge is 2.35. The standard InChI is InChI=1S/C15H27N3O2/c1-7-9-16-15(5,14(19)20-6)10-18-12(4)13(8-2)11(3)17-18/h16H,7-10H2,1-6H3. The molecule has 1 heterocycles. The van der Waals surface area contributed by atoms with Gasteiger partial charge in [-0.3, -0.25) is 4.68 Å². The fourth-order valence-corrected chi connectivity index (χ4v) is 2.52. The predicted molar refractivity (Wildman–Crippen MR) is 79.8 cm³/mol. The van der Waals surface area contributed by atoms with Crippen molar-refractivity contribution in [1.29, 1.82) is 0 Å². The first-order valence-electron chi connectivity index (χ1n) is 7.25. The van der Waals surface area contributed by atoms with Crippen LogP contribution in [0.4, 0.5) is 0 Å². The molecule has 5 heteroatoms. The number of rotatable bonds is 7. The molecule has 1 aromatic rings. The van der Waals surface area contributed by atoms with E-state index in [1.54, 1.807) is 0 Å². The van der Waals surface area contributed by atoms with E-state index >= 15 is 0 Å². The molecule has 0 saturated heterocycles. The maximum absolute atomic E-state index is 12.1. The second kappa shape index (κ2) is 6.88. The van der Waals surface area contributed by atoms with Gasteiger partial charge in [-0.1, -0.05) is 13.8 Å². The molecule has 1 rings (SSSR count). The number of methoxy groups -OCH3 is 1. The number of aryl methyl sites for hydroxylation is 1. The van der Waals surface area contributed by atoms with Crippen LogP contribution < -0.4 is 5.32 Å². The zero-order chi connectivity index (χ0) is 15.3. The molecule has 0 fully saturated rings. The number of hydrogen-bond donors (Lipinski definition) is 1.